The molecular weight excluding hydrogens is 508 g/mol. The van der Waals surface area contributed by atoms with Crippen LogP contribution in [0.4, 0.5) is 0 Å². The summed E-state index contributed by atoms with van der Waals surface area (Å²) in [5, 5.41) is 23.3. The fraction of sp³-hybridized carbons (Fsp3) is 0.161. The zero-order chi connectivity index (χ0) is 28.1. The molecule has 0 saturated carbocycles. The topological polar surface area (TPSA) is 136 Å². The van der Waals surface area contributed by atoms with E-state index in [9.17, 15) is 19.5 Å². The zero-order valence-corrected chi connectivity index (χ0v) is 21.6. The lowest BCUT2D eigenvalue weighted by Crippen LogP contribution is -2.43. The summed E-state index contributed by atoms with van der Waals surface area (Å²) in [4.78, 5) is 47.0. The molecule has 0 radical (unpaired) electrons. The largest absolute Gasteiger partial charge is 0.505 e. The predicted octanol–water partition coefficient (Wildman–Crippen LogP) is 3.90. The van der Waals surface area contributed by atoms with Crippen molar-refractivity contribution >= 4 is 17.6 Å². The summed E-state index contributed by atoms with van der Waals surface area (Å²) in [5.41, 5.74) is 3.16. The molecular formula is C31H28N4O5. The van der Waals surface area contributed by atoms with Crippen molar-refractivity contribution in [3.63, 3.8) is 0 Å². The molecule has 1 amide bonds. The van der Waals surface area contributed by atoms with E-state index in [2.05, 4.69) is 15.3 Å². The van der Waals surface area contributed by atoms with Gasteiger partial charge in [0.05, 0.1) is 18.2 Å². The summed E-state index contributed by atoms with van der Waals surface area (Å²) < 4.78 is 0. The van der Waals surface area contributed by atoms with Gasteiger partial charge in [0.2, 0.25) is 0 Å². The number of aromatic nitrogens is 2. The van der Waals surface area contributed by atoms with Gasteiger partial charge in [0, 0.05) is 36.6 Å². The van der Waals surface area contributed by atoms with Crippen LogP contribution in [-0.4, -0.2) is 50.0 Å². The number of nitrogens with zero attached hydrogens (tertiary/aromatic N) is 2. The summed E-state index contributed by atoms with van der Waals surface area (Å²) in [5.74, 6) is -1.96. The van der Waals surface area contributed by atoms with E-state index >= 15 is 0 Å². The molecule has 0 bridgehead atoms. The van der Waals surface area contributed by atoms with Gasteiger partial charge in [-0.2, -0.15) is 0 Å². The quantitative estimate of drug-likeness (QED) is 0.255. The van der Waals surface area contributed by atoms with Crippen LogP contribution in [-0.2, 0) is 16.0 Å². The summed E-state index contributed by atoms with van der Waals surface area (Å²) in [6, 6.07) is 23.3. The third-order valence-corrected chi connectivity index (χ3v) is 6.83. The number of rotatable bonds is 9. The standard InChI is InChI=1S/C31H28N4O5/c36-25(37)13-16-33-31(40)28-29(38)24-18-23(21-10-5-2-6-11-21)30(39)34-26(24)27(22-12-7-15-32-19-22)35(28)17-14-20-8-3-1-4-9-20/h1-12,15,18-19,27,38H,13-14,16-17H2,(H,33,40)(H,34,39)(H,36,37)/t27-/m1/s1. The maximum atomic E-state index is 13.6. The van der Waals surface area contributed by atoms with Crippen molar-refractivity contribution in [2.45, 2.75) is 18.9 Å². The van der Waals surface area contributed by atoms with Gasteiger partial charge in [-0.25, -0.2) is 0 Å². The highest BCUT2D eigenvalue weighted by Gasteiger charge is 2.38. The van der Waals surface area contributed by atoms with Crippen molar-refractivity contribution in [1.29, 1.82) is 0 Å². The Labute approximate surface area is 230 Å². The number of carboxylic acid groups (broad SMARTS) is 1. The van der Waals surface area contributed by atoms with Crippen LogP contribution in [0.3, 0.4) is 0 Å². The van der Waals surface area contributed by atoms with Crippen molar-refractivity contribution in [2.75, 3.05) is 13.1 Å². The third-order valence-electron chi connectivity index (χ3n) is 6.83. The number of aliphatic hydroxyl groups excluding tert-OH is 1. The normalized spacial score (nSPS) is 14.5. The van der Waals surface area contributed by atoms with Crippen molar-refractivity contribution < 1.29 is 19.8 Å². The number of carbonyl (C=O) groups excluding carboxylic acids is 1. The molecule has 4 aromatic rings. The Balaban J connectivity index is 1.68. The molecule has 9 heteroatoms. The molecule has 202 valence electrons. The minimum Gasteiger partial charge on any atom is -0.505 e. The average molecular weight is 537 g/mol. The third kappa shape index (κ3) is 5.49. The van der Waals surface area contributed by atoms with E-state index < -0.39 is 17.9 Å². The van der Waals surface area contributed by atoms with Crippen LogP contribution < -0.4 is 10.9 Å². The van der Waals surface area contributed by atoms with Crippen molar-refractivity contribution in [2.24, 2.45) is 0 Å². The second kappa shape index (κ2) is 11.7. The van der Waals surface area contributed by atoms with E-state index in [1.165, 1.54) is 0 Å². The number of hydrogen-bond donors (Lipinski definition) is 4. The number of carboxylic acids is 1. The number of fused-ring (bicyclic) bond motifs is 1. The molecule has 5 rings (SSSR count). The highest BCUT2D eigenvalue weighted by molar-refractivity contribution is 6.00. The average Bonchev–Trinajstić information content (AvgIpc) is 2.97. The molecule has 1 atom stereocenters. The number of nitrogens with one attached hydrogen (secondary N) is 2. The molecule has 0 unspecified atom stereocenters. The second-order valence-corrected chi connectivity index (χ2v) is 9.42. The Morgan fingerprint density at radius 3 is 2.38 bits per heavy atom. The van der Waals surface area contributed by atoms with Gasteiger partial charge in [-0.05, 0) is 35.2 Å². The number of carbonyl (C=O) groups is 2. The van der Waals surface area contributed by atoms with Crippen LogP contribution >= 0.6 is 0 Å². The molecule has 9 nitrogen and oxygen atoms in total. The first-order chi connectivity index (χ1) is 19.4. The molecule has 0 saturated heterocycles. The zero-order valence-electron chi connectivity index (χ0n) is 21.6. The minimum absolute atomic E-state index is 0.00580. The van der Waals surface area contributed by atoms with E-state index in [0.29, 0.717) is 40.9 Å². The number of aliphatic hydroxyl groups is 1. The SMILES string of the molecule is O=C(O)CCNC(=O)C1=C(O)c2cc(-c3ccccc3)c(=O)[nH]c2[C@@H](c2cccnc2)N1CCc1ccccc1. The first-order valence-electron chi connectivity index (χ1n) is 12.9. The fourth-order valence-corrected chi connectivity index (χ4v) is 4.96. The smallest absolute Gasteiger partial charge is 0.305 e. The molecule has 1 aliphatic rings. The Morgan fingerprint density at radius 1 is 0.975 bits per heavy atom. The summed E-state index contributed by atoms with van der Waals surface area (Å²) in [6.45, 7) is 0.208. The Morgan fingerprint density at radius 2 is 1.70 bits per heavy atom. The van der Waals surface area contributed by atoms with Crippen LogP contribution in [0, 0.1) is 0 Å². The number of H-pyrrole nitrogens is 1. The summed E-state index contributed by atoms with van der Waals surface area (Å²) in [6.07, 6.45) is 3.57. The highest BCUT2D eigenvalue weighted by Crippen LogP contribution is 2.41. The van der Waals surface area contributed by atoms with Crippen molar-refractivity contribution in [3.05, 3.63) is 130 Å². The van der Waals surface area contributed by atoms with E-state index in [-0.39, 0.29) is 30.0 Å². The molecule has 3 heterocycles. The number of benzene rings is 2. The lowest BCUT2D eigenvalue weighted by molar-refractivity contribution is -0.136. The van der Waals surface area contributed by atoms with Crippen LogP contribution in [0.5, 0.6) is 0 Å². The molecule has 0 spiro atoms. The van der Waals surface area contributed by atoms with Gasteiger partial charge < -0.3 is 25.4 Å². The van der Waals surface area contributed by atoms with Gasteiger partial charge in [0.15, 0.2) is 5.76 Å². The van der Waals surface area contributed by atoms with Crippen LogP contribution in [0.2, 0.25) is 0 Å². The number of aromatic amines is 1. The number of pyridine rings is 2. The van der Waals surface area contributed by atoms with E-state index in [4.69, 9.17) is 5.11 Å². The molecule has 0 fully saturated rings. The summed E-state index contributed by atoms with van der Waals surface area (Å²) >= 11 is 0. The van der Waals surface area contributed by atoms with Gasteiger partial charge in [0.25, 0.3) is 11.5 Å². The van der Waals surface area contributed by atoms with Gasteiger partial charge in [-0.15, -0.1) is 0 Å². The first-order valence-corrected chi connectivity index (χ1v) is 12.9. The molecule has 2 aromatic heterocycles. The Bertz CT molecular complexity index is 1600. The Hall–Kier alpha value is -5.18. The fourth-order valence-electron chi connectivity index (χ4n) is 4.96. The molecule has 4 N–H and O–H groups in total. The lowest BCUT2D eigenvalue weighted by Gasteiger charge is -2.39. The van der Waals surface area contributed by atoms with E-state index in [0.717, 1.165) is 5.56 Å². The monoisotopic (exact) mass is 536 g/mol. The first kappa shape index (κ1) is 26.4. The Kier molecular flexibility index (Phi) is 7.72. The van der Waals surface area contributed by atoms with Gasteiger partial charge >= 0.3 is 5.97 Å². The van der Waals surface area contributed by atoms with Crippen LogP contribution in [0.1, 0.15) is 34.8 Å². The number of aliphatic carboxylic acids is 1. The summed E-state index contributed by atoms with van der Waals surface area (Å²) in [7, 11) is 0. The van der Waals surface area contributed by atoms with Gasteiger partial charge in [0.1, 0.15) is 5.70 Å². The second-order valence-electron chi connectivity index (χ2n) is 9.42. The molecule has 0 aliphatic carbocycles. The van der Waals surface area contributed by atoms with Crippen molar-refractivity contribution in [1.82, 2.24) is 20.2 Å². The maximum absolute atomic E-state index is 13.6. The lowest BCUT2D eigenvalue weighted by atomic mass is 9.90. The van der Waals surface area contributed by atoms with Crippen LogP contribution in [0.15, 0.2) is 102 Å². The predicted molar refractivity (Wildman–Crippen MR) is 150 cm³/mol. The van der Waals surface area contributed by atoms with E-state index in [1.54, 1.807) is 41.6 Å². The highest BCUT2D eigenvalue weighted by atomic mass is 16.4. The van der Waals surface area contributed by atoms with Gasteiger partial charge in [-0.3, -0.25) is 19.4 Å². The molecule has 1 aliphatic heterocycles. The maximum Gasteiger partial charge on any atom is 0.305 e. The van der Waals surface area contributed by atoms with Crippen molar-refractivity contribution in [3.8, 4) is 11.1 Å². The number of amides is 1. The molecule has 2 aromatic carbocycles. The van der Waals surface area contributed by atoms with Gasteiger partial charge in [-0.1, -0.05) is 66.7 Å². The number of hydrogen-bond acceptors (Lipinski definition) is 6. The van der Waals surface area contributed by atoms with E-state index in [1.807, 2.05) is 54.6 Å². The van der Waals surface area contributed by atoms with Crippen LogP contribution in [0.25, 0.3) is 16.9 Å². The minimum atomic E-state index is -1.05. The molecule has 40 heavy (non-hydrogen) atoms.